The molecule has 106 valence electrons. The maximum atomic E-state index is 12.4. The van der Waals surface area contributed by atoms with Gasteiger partial charge in [-0.1, -0.05) is 31.5 Å². The molecule has 1 aliphatic rings. The van der Waals surface area contributed by atoms with Crippen LogP contribution in [0.2, 0.25) is 5.02 Å². The molecule has 0 bridgehead atoms. The van der Waals surface area contributed by atoms with E-state index in [0.717, 1.165) is 10.5 Å². The molecule has 1 aliphatic heterocycles. The molecule has 1 unspecified atom stereocenters. The summed E-state index contributed by atoms with van der Waals surface area (Å²) in [6.07, 6.45) is 0. The highest BCUT2D eigenvalue weighted by atomic mass is 35.5. The Morgan fingerprint density at radius 3 is 2.45 bits per heavy atom. The lowest BCUT2D eigenvalue weighted by Crippen LogP contribution is -2.59. The summed E-state index contributed by atoms with van der Waals surface area (Å²) in [5, 5.41) is 2.67. The first-order chi connectivity index (χ1) is 9.32. The van der Waals surface area contributed by atoms with Crippen molar-refractivity contribution < 1.29 is 14.4 Å². The molecule has 1 aromatic carbocycles. The molecule has 1 heterocycles. The summed E-state index contributed by atoms with van der Waals surface area (Å²) in [5.41, 5.74) is 1.21. The summed E-state index contributed by atoms with van der Waals surface area (Å²) in [5.74, 6) is -2.13. The zero-order valence-corrected chi connectivity index (χ0v) is 12.2. The zero-order chi connectivity index (χ0) is 15.0. The number of nitrogens with zero attached hydrogens (tertiary/aromatic N) is 1. The van der Waals surface area contributed by atoms with Gasteiger partial charge in [0.25, 0.3) is 0 Å². The van der Waals surface area contributed by atoms with Crippen LogP contribution in [-0.4, -0.2) is 17.8 Å². The summed E-state index contributed by atoms with van der Waals surface area (Å²) in [6, 6.07) is 4.16. The van der Waals surface area contributed by atoms with Gasteiger partial charge in [0, 0.05) is 5.02 Å². The number of imide groups is 2. The molecule has 0 saturated carbocycles. The van der Waals surface area contributed by atoms with Crippen molar-refractivity contribution in [3.05, 3.63) is 28.8 Å². The molecule has 1 fully saturated rings. The predicted molar refractivity (Wildman–Crippen MR) is 75.5 cm³/mol. The molecule has 2 rings (SSSR count). The largest absolute Gasteiger partial charge is 0.335 e. The van der Waals surface area contributed by atoms with Crippen molar-refractivity contribution in [1.29, 1.82) is 0 Å². The summed E-state index contributed by atoms with van der Waals surface area (Å²) in [6.45, 7) is 5.35. The molecule has 5 nitrogen and oxygen atoms in total. The Bertz CT molecular complexity index is 598. The van der Waals surface area contributed by atoms with Gasteiger partial charge >= 0.3 is 6.03 Å². The highest BCUT2D eigenvalue weighted by Crippen LogP contribution is 2.28. The molecule has 0 spiro atoms. The van der Waals surface area contributed by atoms with Crippen LogP contribution in [0, 0.1) is 18.8 Å². The summed E-state index contributed by atoms with van der Waals surface area (Å²) < 4.78 is 0. The van der Waals surface area contributed by atoms with Gasteiger partial charge in [-0.3, -0.25) is 14.9 Å². The summed E-state index contributed by atoms with van der Waals surface area (Å²) in [4.78, 5) is 37.0. The maximum Gasteiger partial charge on any atom is 0.335 e. The second-order valence-corrected chi connectivity index (χ2v) is 5.53. The Kier molecular flexibility index (Phi) is 3.81. The first kappa shape index (κ1) is 14.5. The number of benzene rings is 1. The molecule has 0 radical (unpaired) electrons. The lowest BCUT2D eigenvalue weighted by atomic mass is 9.92. The minimum Gasteiger partial charge on any atom is -0.277 e. The zero-order valence-electron chi connectivity index (χ0n) is 11.4. The van der Waals surface area contributed by atoms with Crippen LogP contribution in [0.25, 0.3) is 0 Å². The Hall–Kier alpha value is -1.88. The van der Waals surface area contributed by atoms with E-state index in [1.807, 2.05) is 6.92 Å². The molecule has 1 N–H and O–H groups in total. The first-order valence-electron chi connectivity index (χ1n) is 6.28. The molecule has 1 aromatic rings. The van der Waals surface area contributed by atoms with E-state index in [0.29, 0.717) is 10.7 Å². The van der Waals surface area contributed by atoms with Gasteiger partial charge in [-0.05, 0) is 30.5 Å². The molecule has 6 heteroatoms. The summed E-state index contributed by atoms with van der Waals surface area (Å²) in [7, 11) is 0. The van der Waals surface area contributed by atoms with E-state index in [9.17, 15) is 14.4 Å². The second-order valence-electron chi connectivity index (χ2n) is 5.12. The van der Waals surface area contributed by atoms with E-state index in [-0.39, 0.29) is 5.92 Å². The predicted octanol–water partition coefficient (Wildman–Crippen LogP) is 2.50. The number of hydrogen-bond donors (Lipinski definition) is 1. The minimum absolute atomic E-state index is 0.195. The quantitative estimate of drug-likeness (QED) is 0.852. The van der Waals surface area contributed by atoms with Gasteiger partial charge < -0.3 is 0 Å². The van der Waals surface area contributed by atoms with Crippen LogP contribution in [0.15, 0.2) is 18.2 Å². The van der Waals surface area contributed by atoms with Crippen molar-refractivity contribution in [2.75, 3.05) is 4.90 Å². The summed E-state index contributed by atoms with van der Waals surface area (Å²) >= 11 is 6.02. The molecule has 4 amide bonds. The van der Waals surface area contributed by atoms with Crippen LogP contribution in [0.1, 0.15) is 19.4 Å². The highest BCUT2D eigenvalue weighted by molar-refractivity contribution is 6.32. The standard InChI is InChI=1S/C14H15ClN2O3/c1-7(2)11-12(18)16-14(20)17(13(11)19)9-5-4-8(3)10(15)6-9/h4-7,11H,1-3H3,(H,16,18,20). The average Bonchev–Trinajstić information content (AvgIpc) is 2.32. The fourth-order valence-corrected chi connectivity index (χ4v) is 2.32. The van der Waals surface area contributed by atoms with Crippen molar-refractivity contribution in [1.82, 2.24) is 5.32 Å². The molecular weight excluding hydrogens is 280 g/mol. The molecule has 20 heavy (non-hydrogen) atoms. The number of carbonyl (C=O) groups excluding carboxylic acids is 3. The number of carbonyl (C=O) groups is 3. The number of aryl methyl sites for hydroxylation is 1. The number of nitrogens with one attached hydrogen (secondary N) is 1. The van der Waals surface area contributed by atoms with Gasteiger partial charge in [-0.25, -0.2) is 9.69 Å². The van der Waals surface area contributed by atoms with E-state index in [1.54, 1.807) is 32.0 Å². The minimum atomic E-state index is -0.868. The number of hydrogen-bond acceptors (Lipinski definition) is 3. The number of halogens is 1. The van der Waals surface area contributed by atoms with Crippen LogP contribution in [0.4, 0.5) is 10.5 Å². The van der Waals surface area contributed by atoms with Gasteiger partial charge in [0.05, 0.1) is 5.69 Å². The number of barbiturate groups is 1. The van der Waals surface area contributed by atoms with Crippen molar-refractivity contribution >= 4 is 35.1 Å². The van der Waals surface area contributed by atoms with Crippen molar-refractivity contribution in [2.45, 2.75) is 20.8 Å². The smallest absolute Gasteiger partial charge is 0.277 e. The number of urea groups is 1. The topological polar surface area (TPSA) is 66.5 Å². The third-order valence-electron chi connectivity index (χ3n) is 3.28. The lowest BCUT2D eigenvalue weighted by Gasteiger charge is -2.31. The first-order valence-corrected chi connectivity index (χ1v) is 6.65. The Balaban J connectivity index is 2.43. The van der Waals surface area contributed by atoms with Crippen molar-refractivity contribution in [3.8, 4) is 0 Å². The second kappa shape index (κ2) is 5.25. The van der Waals surface area contributed by atoms with E-state index in [2.05, 4.69) is 5.32 Å². The van der Waals surface area contributed by atoms with E-state index in [1.165, 1.54) is 0 Å². The number of amides is 4. The molecule has 1 atom stereocenters. The van der Waals surface area contributed by atoms with Gasteiger partial charge in [0.15, 0.2) is 0 Å². The third-order valence-corrected chi connectivity index (χ3v) is 3.69. The van der Waals surface area contributed by atoms with Gasteiger partial charge in [-0.15, -0.1) is 0 Å². The molecule has 1 saturated heterocycles. The molecule has 0 aromatic heterocycles. The Morgan fingerprint density at radius 1 is 1.25 bits per heavy atom. The SMILES string of the molecule is Cc1ccc(N2C(=O)NC(=O)C(C(C)C)C2=O)cc1Cl. The third kappa shape index (κ3) is 2.41. The van der Waals surface area contributed by atoms with Crippen LogP contribution in [0.3, 0.4) is 0 Å². The monoisotopic (exact) mass is 294 g/mol. The van der Waals surface area contributed by atoms with Gasteiger partial charge in [0.1, 0.15) is 5.92 Å². The Labute approximate surface area is 121 Å². The van der Waals surface area contributed by atoms with E-state index >= 15 is 0 Å². The normalized spacial score (nSPS) is 19.6. The van der Waals surface area contributed by atoms with Crippen molar-refractivity contribution in [2.24, 2.45) is 11.8 Å². The average molecular weight is 295 g/mol. The molecule has 0 aliphatic carbocycles. The van der Waals surface area contributed by atoms with Crippen molar-refractivity contribution in [3.63, 3.8) is 0 Å². The van der Waals surface area contributed by atoms with Crippen LogP contribution >= 0.6 is 11.6 Å². The van der Waals surface area contributed by atoms with E-state index < -0.39 is 23.8 Å². The number of anilines is 1. The van der Waals surface area contributed by atoms with Crippen LogP contribution < -0.4 is 10.2 Å². The fraction of sp³-hybridized carbons (Fsp3) is 0.357. The van der Waals surface area contributed by atoms with E-state index in [4.69, 9.17) is 11.6 Å². The highest BCUT2D eigenvalue weighted by Gasteiger charge is 2.42. The van der Waals surface area contributed by atoms with Crippen LogP contribution in [0.5, 0.6) is 0 Å². The maximum absolute atomic E-state index is 12.4. The Morgan fingerprint density at radius 2 is 1.90 bits per heavy atom. The van der Waals surface area contributed by atoms with Gasteiger partial charge in [-0.2, -0.15) is 0 Å². The lowest BCUT2D eigenvalue weighted by molar-refractivity contribution is -0.136. The van der Waals surface area contributed by atoms with Crippen LogP contribution in [-0.2, 0) is 9.59 Å². The molecular formula is C14H15ClN2O3. The number of rotatable bonds is 2. The van der Waals surface area contributed by atoms with Gasteiger partial charge in [0.2, 0.25) is 11.8 Å². The fourth-order valence-electron chi connectivity index (χ4n) is 2.14.